The third kappa shape index (κ3) is 1.68. The minimum absolute atomic E-state index is 0.0329. The van der Waals surface area contributed by atoms with Crippen molar-refractivity contribution in [3.63, 3.8) is 0 Å². The summed E-state index contributed by atoms with van der Waals surface area (Å²) in [5.41, 5.74) is 0.432. The second-order valence-electron chi connectivity index (χ2n) is 8.77. The number of allylic oxidation sites excluding steroid dienone is 2. The van der Waals surface area contributed by atoms with Crippen LogP contribution in [0.5, 0.6) is 0 Å². The zero-order chi connectivity index (χ0) is 15.7. The normalized spacial score (nSPS) is 56.5. The molecule has 2 saturated carbocycles. The molecule has 0 radical (unpaired) electrons. The molecule has 0 aromatic heterocycles. The molecule has 2 heteroatoms. The molecular weight excluding hydrogens is 272 g/mol. The van der Waals surface area contributed by atoms with Crippen LogP contribution in [0.15, 0.2) is 24.3 Å². The van der Waals surface area contributed by atoms with Gasteiger partial charge in [-0.2, -0.15) is 0 Å². The van der Waals surface area contributed by atoms with Gasteiger partial charge in [0.25, 0.3) is 0 Å². The van der Waals surface area contributed by atoms with Crippen molar-refractivity contribution in [2.24, 2.45) is 40.4 Å². The number of aliphatic hydroxyl groups is 1. The largest absolute Gasteiger partial charge is 0.384 e. The summed E-state index contributed by atoms with van der Waals surface area (Å²) in [7, 11) is 0. The van der Waals surface area contributed by atoms with E-state index in [9.17, 15) is 9.90 Å². The predicted molar refractivity (Wildman–Crippen MR) is 87.1 cm³/mol. The van der Waals surface area contributed by atoms with Crippen molar-refractivity contribution in [1.82, 2.24) is 0 Å². The van der Waals surface area contributed by atoms with E-state index in [4.69, 9.17) is 0 Å². The summed E-state index contributed by atoms with van der Waals surface area (Å²) in [6.45, 7) is 7.20. The molecular formula is C20H28O2. The van der Waals surface area contributed by atoms with E-state index < -0.39 is 6.10 Å². The highest BCUT2D eigenvalue weighted by Crippen LogP contribution is 2.64. The Balaban J connectivity index is 1.74. The Hall–Kier alpha value is -0.890. The highest BCUT2D eigenvalue weighted by molar-refractivity contribution is 5.95. The fourth-order valence-electron chi connectivity index (χ4n) is 6.37. The maximum absolute atomic E-state index is 11.9. The number of hydrogen-bond acceptors (Lipinski definition) is 2. The van der Waals surface area contributed by atoms with Crippen molar-refractivity contribution in [2.75, 3.05) is 0 Å². The molecule has 2 fully saturated rings. The van der Waals surface area contributed by atoms with Crippen LogP contribution in [0.1, 0.15) is 46.5 Å². The first-order chi connectivity index (χ1) is 10.4. The van der Waals surface area contributed by atoms with Gasteiger partial charge in [-0.05, 0) is 66.3 Å². The lowest BCUT2D eigenvalue weighted by atomic mass is 9.47. The molecule has 4 aliphatic carbocycles. The van der Waals surface area contributed by atoms with Crippen molar-refractivity contribution in [2.45, 2.75) is 52.6 Å². The molecule has 1 N–H and O–H groups in total. The van der Waals surface area contributed by atoms with Gasteiger partial charge in [-0.3, -0.25) is 4.79 Å². The predicted octanol–water partition coefficient (Wildman–Crippen LogP) is 3.76. The van der Waals surface area contributed by atoms with Crippen LogP contribution in [0.4, 0.5) is 0 Å². The second kappa shape index (κ2) is 4.56. The summed E-state index contributed by atoms with van der Waals surface area (Å²) < 4.78 is 0. The molecule has 0 spiro atoms. The molecule has 4 rings (SSSR count). The van der Waals surface area contributed by atoms with Gasteiger partial charge in [-0.25, -0.2) is 0 Å². The number of carbonyl (C=O) groups is 1. The van der Waals surface area contributed by atoms with Gasteiger partial charge < -0.3 is 5.11 Å². The van der Waals surface area contributed by atoms with Crippen LogP contribution < -0.4 is 0 Å². The lowest BCUT2D eigenvalue weighted by Gasteiger charge is -2.57. The smallest absolute Gasteiger partial charge is 0.184 e. The SMILES string of the molecule is C[C@@H]1CC[C@H]2[C@@H]3C=CC4C(O)C(=O)C=C[C@]4(C)[C@H]3CC[C@]12C. The maximum Gasteiger partial charge on any atom is 0.184 e. The monoisotopic (exact) mass is 300 g/mol. The maximum atomic E-state index is 11.9. The van der Waals surface area contributed by atoms with Crippen LogP contribution in [0.2, 0.25) is 0 Å². The van der Waals surface area contributed by atoms with Crippen molar-refractivity contribution in [3.8, 4) is 0 Å². The summed E-state index contributed by atoms with van der Waals surface area (Å²) in [6.07, 6.45) is 12.7. The van der Waals surface area contributed by atoms with Gasteiger partial charge in [0, 0.05) is 5.92 Å². The van der Waals surface area contributed by atoms with Crippen molar-refractivity contribution >= 4 is 5.78 Å². The zero-order valence-electron chi connectivity index (χ0n) is 14.0. The van der Waals surface area contributed by atoms with Gasteiger partial charge in [0.1, 0.15) is 6.10 Å². The molecule has 22 heavy (non-hydrogen) atoms. The summed E-state index contributed by atoms with van der Waals surface area (Å²) in [5.74, 6) is 2.64. The van der Waals surface area contributed by atoms with E-state index in [0.29, 0.717) is 17.3 Å². The number of carbonyl (C=O) groups excluding carboxylic acids is 1. The van der Waals surface area contributed by atoms with E-state index in [1.54, 1.807) is 6.08 Å². The average molecular weight is 300 g/mol. The van der Waals surface area contributed by atoms with Crippen LogP contribution in [0.3, 0.4) is 0 Å². The molecule has 8 atom stereocenters. The quantitative estimate of drug-likeness (QED) is 0.692. The summed E-state index contributed by atoms with van der Waals surface area (Å²) in [4.78, 5) is 11.9. The van der Waals surface area contributed by atoms with E-state index >= 15 is 0 Å². The number of aliphatic hydroxyl groups excluding tert-OH is 1. The molecule has 0 bridgehead atoms. The molecule has 120 valence electrons. The van der Waals surface area contributed by atoms with Crippen molar-refractivity contribution < 1.29 is 9.90 Å². The van der Waals surface area contributed by atoms with E-state index in [0.717, 1.165) is 11.8 Å². The summed E-state index contributed by atoms with van der Waals surface area (Å²) in [6, 6.07) is 0. The first kappa shape index (κ1) is 14.7. The number of rotatable bonds is 0. The van der Waals surface area contributed by atoms with Gasteiger partial charge in [0.15, 0.2) is 5.78 Å². The van der Waals surface area contributed by atoms with E-state index in [-0.39, 0.29) is 17.1 Å². The lowest BCUT2D eigenvalue weighted by Crippen LogP contribution is -2.53. The van der Waals surface area contributed by atoms with Gasteiger partial charge in [0.05, 0.1) is 0 Å². The minimum Gasteiger partial charge on any atom is -0.384 e. The van der Waals surface area contributed by atoms with Crippen LogP contribution in [0, 0.1) is 40.4 Å². The molecule has 0 aromatic rings. The van der Waals surface area contributed by atoms with Gasteiger partial charge in [-0.1, -0.05) is 39.0 Å². The van der Waals surface area contributed by atoms with Gasteiger partial charge >= 0.3 is 0 Å². The first-order valence-corrected chi connectivity index (χ1v) is 8.97. The summed E-state index contributed by atoms with van der Waals surface area (Å²) >= 11 is 0. The minimum atomic E-state index is -0.844. The Kier molecular flexibility index (Phi) is 3.05. The number of fused-ring (bicyclic) bond motifs is 5. The fraction of sp³-hybridized carbons (Fsp3) is 0.750. The molecule has 2 nitrogen and oxygen atoms in total. The zero-order valence-corrected chi connectivity index (χ0v) is 14.0. The van der Waals surface area contributed by atoms with Crippen LogP contribution in [-0.2, 0) is 4.79 Å². The highest BCUT2D eigenvalue weighted by atomic mass is 16.3. The summed E-state index contributed by atoms with van der Waals surface area (Å²) in [5, 5.41) is 10.4. The Morgan fingerprint density at radius 2 is 1.91 bits per heavy atom. The van der Waals surface area contributed by atoms with E-state index in [1.807, 2.05) is 0 Å². The molecule has 4 aliphatic rings. The van der Waals surface area contributed by atoms with E-state index in [1.165, 1.54) is 25.7 Å². The Labute approximate surface area is 133 Å². The topological polar surface area (TPSA) is 37.3 Å². The third-order valence-electron chi connectivity index (χ3n) is 8.10. The molecule has 0 amide bonds. The first-order valence-electron chi connectivity index (χ1n) is 8.97. The average Bonchev–Trinajstić information content (AvgIpc) is 2.79. The van der Waals surface area contributed by atoms with Crippen molar-refractivity contribution in [1.29, 1.82) is 0 Å². The van der Waals surface area contributed by atoms with Gasteiger partial charge in [-0.15, -0.1) is 0 Å². The Morgan fingerprint density at radius 1 is 1.14 bits per heavy atom. The molecule has 0 aromatic carbocycles. The lowest BCUT2D eigenvalue weighted by molar-refractivity contribution is -0.130. The fourth-order valence-corrected chi connectivity index (χ4v) is 6.37. The Bertz CT molecular complexity index is 562. The third-order valence-corrected chi connectivity index (χ3v) is 8.10. The molecule has 0 heterocycles. The molecule has 0 aliphatic heterocycles. The van der Waals surface area contributed by atoms with Crippen molar-refractivity contribution in [3.05, 3.63) is 24.3 Å². The molecule has 2 unspecified atom stereocenters. The van der Waals surface area contributed by atoms with Crippen LogP contribution >= 0.6 is 0 Å². The van der Waals surface area contributed by atoms with Crippen LogP contribution in [0.25, 0.3) is 0 Å². The standard InChI is InChI=1S/C20H28O2/c1-12-4-6-14-13-5-7-16-18(22)17(21)9-11-20(16,3)15(13)8-10-19(12,14)2/h5,7,9,11-16,18,22H,4,6,8,10H2,1-3H3/t12-,13+,14+,15+,16?,18?,19-,20-/m1/s1. The van der Waals surface area contributed by atoms with Crippen LogP contribution in [-0.4, -0.2) is 17.0 Å². The Morgan fingerprint density at radius 3 is 2.68 bits per heavy atom. The van der Waals surface area contributed by atoms with Gasteiger partial charge in [0.2, 0.25) is 0 Å². The molecule has 0 saturated heterocycles. The number of ketones is 1. The second-order valence-corrected chi connectivity index (χ2v) is 8.77. The highest BCUT2D eigenvalue weighted by Gasteiger charge is 2.58. The number of hydrogen-bond donors (Lipinski definition) is 1. The van der Waals surface area contributed by atoms with E-state index in [2.05, 4.69) is 39.0 Å².